The van der Waals surface area contributed by atoms with E-state index in [0.717, 1.165) is 25.0 Å². The summed E-state index contributed by atoms with van der Waals surface area (Å²) < 4.78 is 16.1. The molecular weight excluding hydrogens is 312 g/mol. The lowest BCUT2D eigenvalue weighted by Crippen LogP contribution is -2.41. The fraction of sp³-hybridized carbons (Fsp3) is 0.529. The molecule has 130 valence electrons. The van der Waals surface area contributed by atoms with Crippen LogP contribution in [0.5, 0.6) is 11.5 Å². The molecule has 7 nitrogen and oxygen atoms in total. The van der Waals surface area contributed by atoms with E-state index in [-0.39, 0.29) is 31.3 Å². The number of nitrogens with zero attached hydrogens (tertiary/aromatic N) is 1. The summed E-state index contributed by atoms with van der Waals surface area (Å²) in [7, 11) is 0. The van der Waals surface area contributed by atoms with E-state index in [4.69, 9.17) is 14.2 Å². The van der Waals surface area contributed by atoms with Gasteiger partial charge in [-0.3, -0.25) is 9.59 Å². The minimum Gasteiger partial charge on any atom is -0.454 e. The molecular formula is C17H22N2O5. The Bertz CT molecular complexity index is 613. The molecule has 0 aliphatic carbocycles. The summed E-state index contributed by atoms with van der Waals surface area (Å²) in [6.45, 7) is 3.29. The normalized spacial score (nSPS) is 18.5. The van der Waals surface area contributed by atoms with Crippen molar-refractivity contribution < 1.29 is 23.8 Å². The Morgan fingerprint density at radius 3 is 2.88 bits per heavy atom. The van der Waals surface area contributed by atoms with E-state index < -0.39 is 0 Å². The molecule has 0 aromatic heterocycles. The molecule has 1 fully saturated rings. The number of carbonyl (C=O) groups excluding carboxylic acids is 2. The van der Waals surface area contributed by atoms with Crippen molar-refractivity contribution in [1.82, 2.24) is 10.2 Å². The summed E-state index contributed by atoms with van der Waals surface area (Å²) in [5, 5.41) is 2.83. The van der Waals surface area contributed by atoms with Crippen molar-refractivity contribution in [1.29, 1.82) is 0 Å². The summed E-state index contributed by atoms with van der Waals surface area (Å²) in [5.74, 6) is 1.03. The number of fused-ring (bicyclic) bond motifs is 1. The number of rotatable bonds is 6. The van der Waals surface area contributed by atoms with Crippen molar-refractivity contribution in [2.75, 3.05) is 26.5 Å². The van der Waals surface area contributed by atoms with Gasteiger partial charge in [-0.15, -0.1) is 0 Å². The van der Waals surface area contributed by atoms with Crippen molar-refractivity contribution in [3.05, 3.63) is 23.8 Å². The fourth-order valence-corrected chi connectivity index (χ4v) is 2.80. The summed E-state index contributed by atoms with van der Waals surface area (Å²) in [6.07, 6.45) is 2.09. The second-order valence-corrected chi connectivity index (χ2v) is 6.00. The van der Waals surface area contributed by atoms with Crippen LogP contribution in [0.2, 0.25) is 0 Å². The average molecular weight is 334 g/mol. The molecule has 1 atom stereocenters. The molecule has 24 heavy (non-hydrogen) atoms. The van der Waals surface area contributed by atoms with Gasteiger partial charge in [0.25, 0.3) is 0 Å². The lowest BCUT2D eigenvalue weighted by atomic mass is 10.2. The molecule has 1 unspecified atom stereocenters. The Kier molecular flexibility index (Phi) is 5.20. The molecule has 1 aromatic rings. The van der Waals surface area contributed by atoms with E-state index in [1.54, 1.807) is 0 Å². The number of amides is 2. The maximum absolute atomic E-state index is 12.1. The summed E-state index contributed by atoms with van der Waals surface area (Å²) in [4.78, 5) is 25.4. The number of benzene rings is 1. The smallest absolute Gasteiger partial charge is 0.239 e. The van der Waals surface area contributed by atoms with Gasteiger partial charge in [0, 0.05) is 26.6 Å². The van der Waals surface area contributed by atoms with Gasteiger partial charge in [-0.2, -0.15) is 0 Å². The highest BCUT2D eigenvalue weighted by atomic mass is 16.7. The summed E-state index contributed by atoms with van der Waals surface area (Å²) in [6, 6.07) is 5.52. The lowest BCUT2D eigenvalue weighted by molar-refractivity contribution is -0.135. The van der Waals surface area contributed by atoms with Crippen LogP contribution in [0.3, 0.4) is 0 Å². The van der Waals surface area contributed by atoms with Gasteiger partial charge >= 0.3 is 0 Å². The highest BCUT2D eigenvalue weighted by Gasteiger charge is 2.19. The maximum atomic E-state index is 12.1. The molecule has 2 aliphatic rings. The molecule has 7 heteroatoms. The summed E-state index contributed by atoms with van der Waals surface area (Å²) >= 11 is 0. The van der Waals surface area contributed by atoms with Gasteiger partial charge in [0.1, 0.15) is 0 Å². The molecule has 0 spiro atoms. The Labute approximate surface area is 140 Å². The predicted octanol–water partition coefficient (Wildman–Crippen LogP) is 1.06. The van der Waals surface area contributed by atoms with Gasteiger partial charge in [-0.05, 0) is 30.5 Å². The Morgan fingerprint density at radius 1 is 1.29 bits per heavy atom. The van der Waals surface area contributed by atoms with E-state index in [0.29, 0.717) is 24.6 Å². The maximum Gasteiger partial charge on any atom is 0.239 e. The second kappa shape index (κ2) is 7.53. The highest BCUT2D eigenvalue weighted by molar-refractivity contribution is 5.83. The number of hydrogen-bond acceptors (Lipinski definition) is 5. The number of carbonyl (C=O) groups is 2. The van der Waals surface area contributed by atoms with Gasteiger partial charge in [0.2, 0.25) is 18.6 Å². The minimum absolute atomic E-state index is 0.0243. The van der Waals surface area contributed by atoms with Crippen molar-refractivity contribution in [2.45, 2.75) is 32.4 Å². The lowest BCUT2D eigenvalue weighted by Gasteiger charge is -2.21. The quantitative estimate of drug-likeness (QED) is 0.842. The Hall–Kier alpha value is -2.28. The van der Waals surface area contributed by atoms with Gasteiger partial charge < -0.3 is 24.4 Å². The number of nitrogens with one attached hydrogen (secondary N) is 1. The van der Waals surface area contributed by atoms with Gasteiger partial charge in [-0.1, -0.05) is 6.07 Å². The monoisotopic (exact) mass is 334 g/mol. The molecule has 1 saturated heterocycles. The third kappa shape index (κ3) is 4.17. The van der Waals surface area contributed by atoms with Crippen LogP contribution in [0.1, 0.15) is 25.3 Å². The van der Waals surface area contributed by atoms with Crippen LogP contribution >= 0.6 is 0 Å². The molecule has 1 aromatic carbocycles. The van der Waals surface area contributed by atoms with Crippen LogP contribution in [-0.4, -0.2) is 49.3 Å². The van der Waals surface area contributed by atoms with Crippen LogP contribution < -0.4 is 14.8 Å². The van der Waals surface area contributed by atoms with Crippen LogP contribution in [0.4, 0.5) is 0 Å². The predicted molar refractivity (Wildman–Crippen MR) is 85.6 cm³/mol. The zero-order valence-corrected chi connectivity index (χ0v) is 13.7. The highest BCUT2D eigenvalue weighted by Crippen LogP contribution is 2.32. The summed E-state index contributed by atoms with van der Waals surface area (Å²) in [5.41, 5.74) is 0.890. The van der Waals surface area contributed by atoms with Gasteiger partial charge in [0.05, 0.1) is 12.6 Å². The van der Waals surface area contributed by atoms with Crippen LogP contribution in [0.15, 0.2) is 18.2 Å². The first-order valence-electron chi connectivity index (χ1n) is 8.14. The average Bonchev–Trinajstić information content (AvgIpc) is 3.23. The third-order valence-corrected chi connectivity index (χ3v) is 4.14. The van der Waals surface area contributed by atoms with E-state index in [1.807, 2.05) is 18.2 Å². The minimum atomic E-state index is -0.179. The van der Waals surface area contributed by atoms with Gasteiger partial charge in [0.15, 0.2) is 11.5 Å². The molecule has 1 N–H and O–H groups in total. The fourth-order valence-electron chi connectivity index (χ4n) is 2.80. The number of ether oxygens (including phenoxy) is 3. The Balaban J connectivity index is 1.54. The third-order valence-electron chi connectivity index (χ3n) is 4.14. The van der Waals surface area contributed by atoms with Crippen molar-refractivity contribution in [2.24, 2.45) is 0 Å². The molecule has 0 saturated carbocycles. The van der Waals surface area contributed by atoms with E-state index in [2.05, 4.69) is 5.32 Å². The largest absolute Gasteiger partial charge is 0.454 e. The Morgan fingerprint density at radius 2 is 2.12 bits per heavy atom. The first kappa shape index (κ1) is 16.6. The van der Waals surface area contributed by atoms with E-state index >= 15 is 0 Å². The molecule has 0 radical (unpaired) electrons. The molecule has 0 bridgehead atoms. The first-order chi connectivity index (χ1) is 11.6. The zero-order chi connectivity index (χ0) is 16.9. The standard InChI is InChI=1S/C17H22N2O5/c1-12(20)19(10-17(21)18-8-14-3-2-6-22-14)9-13-4-5-15-16(7-13)24-11-23-15/h4-5,7,14H,2-3,6,8-11H2,1H3,(H,18,21). The molecule has 2 amide bonds. The van der Waals surface area contributed by atoms with Crippen LogP contribution in [0, 0.1) is 0 Å². The SMILES string of the molecule is CC(=O)N(CC(=O)NCC1CCCO1)Cc1ccc2c(c1)OCO2. The van der Waals surface area contributed by atoms with Crippen LogP contribution in [-0.2, 0) is 20.9 Å². The van der Waals surface area contributed by atoms with E-state index in [9.17, 15) is 9.59 Å². The second-order valence-electron chi connectivity index (χ2n) is 6.00. The number of hydrogen-bond donors (Lipinski definition) is 1. The molecule has 3 rings (SSSR count). The van der Waals surface area contributed by atoms with Crippen LogP contribution in [0.25, 0.3) is 0 Å². The first-order valence-corrected chi connectivity index (χ1v) is 8.14. The molecule has 2 heterocycles. The zero-order valence-electron chi connectivity index (χ0n) is 13.7. The van der Waals surface area contributed by atoms with E-state index in [1.165, 1.54) is 11.8 Å². The van der Waals surface area contributed by atoms with Crippen molar-refractivity contribution in [3.8, 4) is 11.5 Å². The van der Waals surface area contributed by atoms with Gasteiger partial charge in [-0.25, -0.2) is 0 Å². The van der Waals surface area contributed by atoms with Crippen molar-refractivity contribution >= 4 is 11.8 Å². The van der Waals surface area contributed by atoms with Crippen molar-refractivity contribution in [3.63, 3.8) is 0 Å². The topological polar surface area (TPSA) is 77.1 Å². The molecule has 2 aliphatic heterocycles.